The van der Waals surface area contributed by atoms with E-state index in [1.165, 1.54) is 13.8 Å². The van der Waals surface area contributed by atoms with E-state index in [1.54, 1.807) is 0 Å². The van der Waals surface area contributed by atoms with Crippen molar-refractivity contribution in [2.75, 3.05) is 26.4 Å². The van der Waals surface area contributed by atoms with E-state index in [1.807, 2.05) is 6.92 Å². The summed E-state index contributed by atoms with van der Waals surface area (Å²) in [7, 11) is 0. The van der Waals surface area contributed by atoms with E-state index in [2.05, 4.69) is 37.6 Å². The summed E-state index contributed by atoms with van der Waals surface area (Å²) in [5.41, 5.74) is -0.566. The number of ether oxygens (including phenoxy) is 4. The fraction of sp³-hybridized carbons (Fsp3) is 0.652. The van der Waals surface area contributed by atoms with Gasteiger partial charge in [-0.2, -0.15) is 0 Å². The van der Waals surface area contributed by atoms with Crippen LogP contribution in [0.1, 0.15) is 53.9 Å². The zero-order valence-electron chi connectivity index (χ0n) is 20.2. The standard InChI is InChI=1S/C23H36N2O8/c1-15(2)18(26)30-10-12-32-20(28)24-23(9-8-22(6,7)14-17(23)5)25-21(29)33-13-11-31-19(27)16(3)4/h17H,1,3,8-14H2,2,4-7H3,(H,24,28)(H,25,29). The maximum atomic E-state index is 12.4. The lowest BCUT2D eigenvalue weighted by Gasteiger charge is -2.48. The van der Waals surface area contributed by atoms with Crippen LogP contribution >= 0.6 is 0 Å². The number of alkyl carbamates (subject to hydrolysis) is 2. The summed E-state index contributed by atoms with van der Waals surface area (Å²) in [4.78, 5) is 47.6. The van der Waals surface area contributed by atoms with Crippen molar-refractivity contribution in [3.8, 4) is 0 Å². The predicted octanol–water partition coefficient (Wildman–Crippen LogP) is 3.22. The number of hydrogen-bond acceptors (Lipinski definition) is 8. The highest BCUT2D eigenvalue weighted by atomic mass is 16.6. The molecule has 1 saturated carbocycles. The summed E-state index contributed by atoms with van der Waals surface area (Å²) in [6.45, 7) is 15.6. The molecule has 10 nitrogen and oxygen atoms in total. The first-order valence-corrected chi connectivity index (χ1v) is 10.8. The summed E-state index contributed by atoms with van der Waals surface area (Å²) in [6, 6.07) is 0. The van der Waals surface area contributed by atoms with Gasteiger partial charge >= 0.3 is 24.1 Å². The van der Waals surface area contributed by atoms with E-state index in [-0.39, 0.29) is 48.9 Å². The van der Waals surface area contributed by atoms with E-state index in [0.717, 1.165) is 12.8 Å². The quantitative estimate of drug-likeness (QED) is 0.164. The Morgan fingerprint density at radius 1 is 0.788 bits per heavy atom. The Morgan fingerprint density at radius 3 is 1.55 bits per heavy atom. The Bertz CT molecular complexity index is 726. The highest BCUT2D eigenvalue weighted by Gasteiger charge is 2.46. The van der Waals surface area contributed by atoms with E-state index in [9.17, 15) is 19.2 Å². The minimum atomic E-state index is -1.09. The van der Waals surface area contributed by atoms with Crippen LogP contribution in [0.25, 0.3) is 0 Å². The number of nitrogens with one attached hydrogen (secondary N) is 2. The third-order valence-electron chi connectivity index (χ3n) is 5.34. The van der Waals surface area contributed by atoms with Gasteiger partial charge in [-0.05, 0) is 44.4 Å². The fourth-order valence-electron chi connectivity index (χ4n) is 3.51. The van der Waals surface area contributed by atoms with Crippen molar-refractivity contribution in [1.29, 1.82) is 0 Å². The topological polar surface area (TPSA) is 129 Å². The fourth-order valence-corrected chi connectivity index (χ4v) is 3.51. The van der Waals surface area contributed by atoms with Crippen molar-refractivity contribution in [3.05, 3.63) is 24.3 Å². The Hall–Kier alpha value is -3.04. The highest BCUT2D eigenvalue weighted by molar-refractivity contribution is 5.87. The summed E-state index contributed by atoms with van der Waals surface area (Å²) in [5.74, 6) is -1.28. The Balaban J connectivity index is 2.67. The lowest BCUT2D eigenvalue weighted by molar-refractivity contribution is -0.140. The molecular weight excluding hydrogens is 432 g/mol. The normalized spacial score (nSPS) is 18.3. The maximum Gasteiger partial charge on any atom is 0.409 e. The molecule has 0 spiro atoms. The van der Waals surface area contributed by atoms with Gasteiger partial charge in [0.1, 0.15) is 32.1 Å². The minimum absolute atomic E-state index is 0.0353. The Kier molecular flexibility index (Phi) is 10.4. The van der Waals surface area contributed by atoms with Crippen LogP contribution in [-0.4, -0.2) is 56.2 Å². The molecule has 2 N–H and O–H groups in total. The zero-order valence-corrected chi connectivity index (χ0v) is 20.2. The molecule has 186 valence electrons. The molecule has 0 aliphatic heterocycles. The van der Waals surface area contributed by atoms with Crippen molar-refractivity contribution in [2.24, 2.45) is 11.3 Å². The zero-order chi connectivity index (χ0) is 25.2. The van der Waals surface area contributed by atoms with Gasteiger partial charge in [-0.15, -0.1) is 0 Å². The molecule has 0 bridgehead atoms. The monoisotopic (exact) mass is 468 g/mol. The van der Waals surface area contributed by atoms with Gasteiger partial charge in [0, 0.05) is 11.1 Å². The van der Waals surface area contributed by atoms with Crippen molar-refractivity contribution in [2.45, 2.75) is 59.5 Å². The molecule has 10 heteroatoms. The summed E-state index contributed by atoms with van der Waals surface area (Å²) < 4.78 is 20.0. The molecule has 0 radical (unpaired) electrons. The van der Waals surface area contributed by atoms with Crippen LogP contribution in [0, 0.1) is 11.3 Å². The maximum absolute atomic E-state index is 12.4. The Labute approximate surface area is 195 Å². The molecule has 1 atom stereocenters. The molecule has 0 saturated heterocycles. The number of carbonyl (C=O) groups excluding carboxylic acids is 4. The van der Waals surface area contributed by atoms with Crippen molar-refractivity contribution >= 4 is 24.1 Å². The van der Waals surface area contributed by atoms with Crippen molar-refractivity contribution in [3.63, 3.8) is 0 Å². The molecule has 1 unspecified atom stereocenters. The average Bonchev–Trinajstić information content (AvgIpc) is 2.70. The average molecular weight is 469 g/mol. The van der Waals surface area contributed by atoms with Crippen molar-refractivity contribution < 1.29 is 38.1 Å². The third kappa shape index (κ3) is 9.55. The number of rotatable bonds is 10. The summed E-state index contributed by atoms with van der Waals surface area (Å²) in [6.07, 6.45) is 0.414. The lowest BCUT2D eigenvalue weighted by atomic mass is 9.67. The Morgan fingerprint density at radius 2 is 1.18 bits per heavy atom. The number of carbonyl (C=O) groups is 4. The first-order chi connectivity index (χ1) is 15.3. The first kappa shape index (κ1) is 28.0. The number of amides is 2. The van der Waals surface area contributed by atoms with E-state index in [4.69, 9.17) is 18.9 Å². The van der Waals surface area contributed by atoms with Gasteiger partial charge in [0.15, 0.2) is 0 Å². The third-order valence-corrected chi connectivity index (χ3v) is 5.34. The molecule has 1 fully saturated rings. The molecule has 1 aliphatic carbocycles. The predicted molar refractivity (Wildman–Crippen MR) is 120 cm³/mol. The van der Waals surface area contributed by atoms with Gasteiger partial charge in [0.25, 0.3) is 0 Å². The largest absolute Gasteiger partial charge is 0.459 e. The second-order valence-electron chi connectivity index (χ2n) is 9.10. The van der Waals surface area contributed by atoms with Crippen LogP contribution in [0.4, 0.5) is 9.59 Å². The van der Waals surface area contributed by atoms with Crippen LogP contribution in [-0.2, 0) is 28.5 Å². The van der Waals surface area contributed by atoms with Gasteiger partial charge in [-0.25, -0.2) is 19.2 Å². The second kappa shape index (κ2) is 12.3. The van der Waals surface area contributed by atoms with Crippen LogP contribution in [0.15, 0.2) is 24.3 Å². The summed E-state index contributed by atoms with van der Waals surface area (Å²) >= 11 is 0. The van der Waals surface area contributed by atoms with Gasteiger partial charge < -0.3 is 18.9 Å². The van der Waals surface area contributed by atoms with Crippen LogP contribution in [0.3, 0.4) is 0 Å². The number of hydrogen-bond donors (Lipinski definition) is 2. The van der Waals surface area contributed by atoms with E-state index in [0.29, 0.717) is 6.42 Å². The molecule has 1 aliphatic rings. The lowest BCUT2D eigenvalue weighted by Crippen LogP contribution is -2.66. The number of esters is 2. The molecule has 0 aromatic heterocycles. The molecular formula is C23H36N2O8. The SMILES string of the molecule is C=C(C)C(=O)OCCOC(=O)NC1(NC(=O)OCCOC(=O)C(=C)C)CCC(C)(C)CC1C. The van der Waals surface area contributed by atoms with Gasteiger partial charge in [0.2, 0.25) is 0 Å². The molecule has 0 aromatic rings. The van der Waals surface area contributed by atoms with Crippen molar-refractivity contribution in [1.82, 2.24) is 10.6 Å². The smallest absolute Gasteiger partial charge is 0.409 e. The molecule has 33 heavy (non-hydrogen) atoms. The van der Waals surface area contributed by atoms with E-state index >= 15 is 0 Å². The molecule has 1 rings (SSSR count). The van der Waals surface area contributed by atoms with Gasteiger partial charge in [-0.1, -0.05) is 33.9 Å². The first-order valence-electron chi connectivity index (χ1n) is 10.8. The van der Waals surface area contributed by atoms with Crippen LogP contribution in [0.5, 0.6) is 0 Å². The highest BCUT2D eigenvalue weighted by Crippen LogP contribution is 2.42. The second-order valence-corrected chi connectivity index (χ2v) is 9.10. The van der Waals surface area contributed by atoms with Gasteiger partial charge in [0.05, 0.1) is 0 Å². The molecule has 2 amide bonds. The van der Waals surface area contributed by atoms with E-state index < -0.39 is 29.8 Å². The summed E-state index contributed by atoms with van der Waals surface area (Å²) in [5, 5.41) is 5.51. The van der Waals surface area contributed by atoms with Crippen LogP contribution < -0.4 is 10.6 Å². The minimum Gasteiger partial charge on any atom is -0.459 e. The van der Waals surface area contributed by atoms with Crippen LogP contribution in [0.2, 0.25) is 0 Å². The van der Waals surface area contributed by atoms with Gasteiger partial charge in [-0.3, -0.25) is 10.6 Å². The molecule has 0 aromatic carbocycles. The molecule has 0 heterocycles.